The van der Waals surface area contributed by atoms with Crippen molar-refractivity contribution in [3.63, 3.8) is 0 Å². The molecule has 2 aliphatic rings. The van der Waals surface area contributed by atoms with E-state index in [1.165, 1.54) is 21.5 Å². The number of nitrogens with zero attached hydrogens (tertiary/aromatic N) is 6. The molecule has 10 aromatic carbocycles. The zero-order valence-electron chi connectivity index (χ0n) is 38.1. The smallest absolute Gasteiger partial charge is 0.115 e. The lowest BCUT2D eigenvalue weighted by molar-refractivity contribution is 0.668. The van der Waals surface area contributed by atoms with E-state index in [4.69, 9.17) is 10.2 Å². The summed E-state index contributed by atoms with van der Waals surface area (Å²) >= 11 is 0. The lowest BCUT2D eigenvalue weighted by Gasteiger charge is -2.30. The van der Waals surface area contributed by atoms with Crippen LogP contribution in [-0.4, -0.2) is 27.1 Å². The van der Waals surface area contributed by atoms with Crippen LogP contribution in [0.5, 0.6) is 0 Å². The molecule has 0 bridgehead atoms. The Labute approximate surface area is 406 Å². The number of anilines is 6. The van der Waals surface area contributed by atoms with Gasteiger partial charge in [0.05, 0.1) is 34.8 Å². The highest BCUT2D eigenvalue weighted by atomic mass is 15.8. The molecule has 11 aromatic rings. The van der Waals surface area contributed by atoms with Crippen molar-refractivity contribution in [2.45, 2.75) is 12.1 Å². The molecule has 0 radical (unpaired) electrons. The van der Waals surface area contributed by atoms with E-state index in [0.29, 0.717) is 0 Å². The average Bonchev–Trinajstić information content (AvgIpc) is 4.07. The minimum absolute atomic E-state index is 0.0690. The van der Waals surface area contributed by atoms with Gasteiger partial charge in [-0.15, -0.1) is 10.2 Å². The quantitative estimate of drug-likeness (QED) is 0.142. The summed E-state index contributed by atoms with van der Waals surface area (Å²) in [6.07, 6.45) is 6.84. The minimum Gasteiger partial charge on any atom is -0.310 e. The molecule has 13 rings (SSSR count). The van der Waals surface area contributed by atoms with E-state index < -0.39 is 0 Å². The van der Waals surface area contributed by atoms with Crippen molar-refractivity contribution < 1.29 is 0 Å². The van der Waals surface area contributed by atoms with Gasteiger partial charge < -0.3 is 9.80 Å². The van der Waals surface area contributed by atoms with Crippen LogP contribution in [0.25, 0.3) is 60.5 Å². The molecule has 334 valence electrons. The topological polar surface area (TPSA) is 64.5 Å². The van der Waals surface area contributed by atoms with Gasteiger partial charge in [0.25, 0.3) is 0 Å². The predicted octanol–water partition coefficient (Wildman–Crippen LogP) is 14.4. The summed E-state index contributed by atoms with van der Waals surface area (Å²) in [6, 6.07) is 83.9. The maximum atomic E-state index is 4.90. The summed E-state index contributed by atoms with van der Waals surface area (Å²) in [7, 11) is 0. The van der Waals surface area contributed by atoms with Gasteiger partial charge in [-0.3, -0.25) is 0 Å². The van der Waals surface area contributed by atoms with Crippen molar-refractivity contribution in [1.29, 1.82) is 0 Å². The average molecular weight is 903 g/mol. The number of hydrazine groups is 2. The molecule has 1 aliphatic heterocycles. The monoisotopic (exact) mass is 902 g/mol. The van der Waals surface area contributed by atoms with E-state index in [9.17, 15) is 0 Å². The number of para-hydroxylation sites is 2. The molecule has 8 nitrogen and oxygen atoms in total. The summed E-state index contributed by atoms with van der Waals surface area (Å²) in [5.41, 5.74) is 22.1. The van der Waals surface area contributed by atoms with Gasteiger partial charge in [-0.25, -0.2) is 16.0 Å². The highest BCUT2D eigenvalue weighted by Crippen LogP contribution is 2.42. The molecular formula is C62H46N8. The van der Waals surface area contributed by atoms with Crippen molar-refractivity contribution in [2.75, 3.05) is 14.9 Å². The van der Waals surface area contributed by atoms with E-state index in [2.05, 4.69) is 239 Å². The molecule has 0 saturated carbocycles. The first-order valence-corrected chi connectivity index (χ1v) is 23.7. The van der Waals surface area contributed by atoms with E-state index in [1.807, 2.05) is 41.5 Å². The summed E-state index contributed by atoms with van der Waals surface area (Å²) < 4.78 is 0. The number of hydrogen-bond acceptors (Lipinski definition) is 7. The maximum Gasteiger partial charge on any atom is 0.115 e. The minimum atomic E-state index is 0.0690. The molecule has 8 heteroatoms. The Balaban J connectivity index is 0.792. The zero-order chi connectivity index (χ0) is 46.4. The predicted molar refractivity (Wildman–Crippen MR) is 288 cm³/mol. The van der Waals surface area contributed by atoms with E-state index >= 15 is 0 Å². The molecule has 2 unspecified atom stereocenters. The summed E-state index contributed by atoms with van der Waals surface area (Å²) in [5.74, 6) is 0. The molecule has 1 aliphatic carbocycles. The lowest BCUT2D eigenvalue weighted by atomic mass is 9.98. The van der Waals surface area contributed by atoms with E-state index in [1.54, 1.807) is 4.80 Å². The van der Waals surface area contributed by atoms with Crippen LogP contribution in [-0.2, 0) is 0 Å². The highest BCUT2D eigenvalue weighted by molar-refractivity contribution is 6.00. The molecule has 2 N–H and O–H groups in total. The summed E-state index contributed by atoms with van der Waals surface area (Å²) in [6.45, 7) is 0. The fourth-order valence-electron chi connectivity index (χ4n) is 9.96. The number of hydrogen-bond donors (Lipinski definition) is 2. The molecule has 0 spiro atoms. The normalized spacial score (nSPS) is 15.3. The Hall–Kier alpha value is -9.08. The van der Waals surface area contributed by atoms with Crippen LogP contribution in [0.15, 0.2) is 261 Å². The fourth-order valence-corrected chi connectivity index (χ4v) is 9.96. The summed E-state index contributed by atoms with van der Waals surface area (Å²) in [5, 5.41) is 16.5. The number of allylic oxidation sites excluding steroid dienone is 1. The first-order valence-electron chi connectivity index (χ1n) is 23.7. The first kappa shape index (κ1) is 41.1. The van der Waals surface area contributed by atoms with Crippen molar-refractivity contribution >= 4 is 66.7 Å². The third-order valence-corrected chi connectivity index (χ3v) is 13.5. The Morgan fingerprint density at radius 3 is 1.47 bits per heavy atom. The third kappa shape index (κ3) is 7.63. The Bertz CT molecular complexity index is 3720. The maximum absolute atomic E-state index is 4.90. The number of rotatable bonds is 10. The molecule has 0 amide bonds. The van der Waals surface area contributed by atoms with Crippen molar-refractivity contribution in [1.82, 2.24) is 25.8 Å². The lowest BCUT2D eigenvalue weighted by Crippen LogP contribution is -2.40. The second-order valence-electron chi connectivity index (χ2n) is 17.8. The van der Waals surface area contributed by atoms with Crippen LogP contribution in [0.2, 0.25) is 0 Å². The number of aromatic nitrogens is 3. The van der Waals surface area contributed by atoms with Gasteiger partial charge >= 0.3 is 0 Å². The SMILES string of the molecule is C1=CC2NN(c3ccccc3)NC2C=C1N(c1ccc(-c2ccc(-c3ccc(N(c4ccc5nn(-c6ccccc6)nc5c4)c4cccc5ccccc45)cc3)cc2)cc1)c1cccc2ccccc12. The standard InChI is InChI=1S/C62H46N8/c1-3-17-51(18-4-1)69-63-57-39-37-53(41-59(57)65-69)67(61-23-11-15-47-13-7-9-21-55(47)61)49-33-29-45(30-34-49)43-25-27-44(28-26-43)46-31-35-50(36-32-46)68(62-24-12-16-48-14-8-10-22-56(48)62)54-38-40-58-60(42-54)66-70(64-58)52-19-5-2-6-20-52/h1-42,57,59,63,65H. The first-order chi connectivity index (χ1) is 34.7. The van der Waals surface area contributed by atoms with Crippen molar-refractivity contribution in [3.8, 4) is 27.9 Å². The highest BCUT2D eigenvalue weighted by Gasteiger charge is 2.33. The molecule has 1 saturated heterocycles. The Morgan fingerprint density at radius 1 is 0.386 bits per heavy atom. The molecule has 1 fully saturated rings. The van der Waals surface area contributed by atoms with Gasteiger partial charge in [0, 0.05) is 33.5 Å². The van der Waals surface area contributed by atoms with Gasteiger partial charge in [-0.05, 0) is 124 Å². The van der Waals surface area contributed by atoms with Crippen LogP contribution in [0.3, 0.4) is 0 Å². The number of fused-ring (bicyclic) bond motifs is 4. The van der Waals surface area contributed by atoms with Gasteiger partial charge in [0.1, 0.15) is 11.0 Å². The van der Waals surface area contributed by atoms with E-state index in [-0.39, 0.29) is 12.1 Å². The van der Waals surface area contributed by atoms with Crippen LogP contribution in [0.1, 0.15) is 0 Å². The van der Waals surface area contributed by atoms with Crippen LogP contribution < -0.4 is 25.8 Å². The third-order valence-electron chi connectivity index (χ3n) is 13.5. The Kier molecular flexibility index (Phi) is 10.3. The molecule has 2 heterocycles. The summed E-state index contributed by atoms with van der Waals surface area (Å²) in [4.78, 5) is 6.41. The zero-order valence-corrected chi connectivity index (χ0v) is 38.1. The second kappa shape index (κ2) is 17.5. The number of benzene rings is 10. The van der Waals surface area contributed by atoms with E-state index in [0.717, 1.165) is 78.8 Å². The largest absolute Gasteiger partial charge is 0.310 e. The Morgan fingerprint density at radius 2 is 0.857 bits per heavy atom. The molecule has 70 heavy (non-hydrogen) atoms. The van der Waals surface area contributed by atoms with Crippen LogP contribution >= 0.6 is 0 Å². The molecule has 2 atom stereocenters. The fraction of sp³-hybridized carbons (Fsp3) is 0.0323. The van der Waals surface area contributed by atoms with Crippen LogP contribution in [0.4, 0.5) is 34.1 Å². The van der Waals surface area contributed by atoms with Crippen molar-refractivity contribution in [3.05, 3.63) is 261 Å². The van der Waals surface area contributed by atoms with Crippen molar-refractivity contribution in [2.24, 2.45) is 0 Å². The van der Waals surface area contributed by atoms with Gasteiger partial charge in [-0.1, -0.05) is 164 Å². The van der Waals surface area contributed by atoms with Gasteiger partial charge in [-0.2, -0.15) is 4.80 Å². The second-order valence-corrected chi connectivity index (χ2v) is 17.8. The number of nitrogens with one attached hydrogen (secondary N) is 2. The van der Waals surface area contributed by atoms with Gasteiger partial charge in [0.15, 0.2) is 0 Å². The molecule has 1 aromatic heterocycles. The van der Waals surface area contributed by atoms with Crippen LogP contribution in [0, 0.1) is 0 Å². The molecular weight excluding hydrogens is 857 g/mol. The van der Waals surface area contributed by atoms with Gasteiger partial charge in [0.2, 0.25) is 0 Å².